The predicted molar refractivity (Wildman–Crippen MR) is 102 cm³/mol. The molecule has 2 aromatic rings. The third-order valence-electron chi connectivity index (χ3n) is 3.19. The predicted octanol–water partition coefficient (Wildman–Crippen LogP) is 5.27. The average Bonchev–Trinajstić information content (AvgIpc) is 2.51. The Morgan fingerprint density at radius 3 is 2.64 bits per heavy atom. The lowest BCUT2D eigenvalue weighted by molar-refractivity contribution is 0.102. The Balaban J connectivity index is 2.21. The minimum absolute atomic E-state index is 0.125. The molecule has 2 rings (SSSR count). The number of carbonyl (C=O) groups is 1. The Bertz CT molecular complexity index is 688. The first-order valence-corrected chi connectivity index (χ1v) is 8.94. The summed E-state index contributed by atoms with van der Waals surface area (Å²) in [5, 5.41) is 2.98. The van der Waals surface area contributed by atoms with Gasteiger partial charge in [-0.3, -0.25) is 4.79 Å². The maximum absolute atomic E-state index is 12.4. The van der Waals surface area contributed by atoms with Crippen molar-refractivity contribution < 1.29 is 9.53 Å². The zero-order valence-electron chi connectivity index (χ0n) is 12.5. The maximum atomic E-state index is 12.4. The fraction of sp³-hybridized carbons (Fsp3) is 0.235. The Morgan fingerprint density at radius 1 is 1.23 bits per heavy atom. The van der Waals surface area contributed by atoms with Crippen molar-refractivity contribution in [2.24, 2.45) is 0 Å². The van der Waals surface area contributed by atoms with Crippen molar-refractivity contribution >= 4 is 50.1 Å². The molecule has 3 nitrogen and oxygen atoms in total. The normalized spacial score (nSPS) is 10.4. The van der Waals surface area contributed by atoms with Crippen LogP contribution in [0.4, 0.5) is 5.69 Å². The van der Waals surface area contributed by atoms with Gasteiger partial charge < -0.3 is 10.1 Å². The number of benzene rings is 2. The average molecular weight is 474 g/mol. The van der Waals surface area contributed by atoms with Gasteiger partial charge in [-0.1, -0.05) is 6.92 Å². The smallest absolute Gasteiger partial charge is 0.255 e. The van der Waals surface area contributed by atoms with Crippen LogP contribution in [0, 0.1) is 3.57 Å². The van der Waals surface area contributed by atoms with Crippen LogP contribution < -0.4 is 10.1 Å². The lowest BCUT2D eigenvalue weighted by Crippen LogP contribution is -2.13. The number of nitrogens with one attached hydrogen (secondary N) is 1. The number of amides is 1. The number of rotatable bonds is 5. The number of anilines is 1. The van der Waals surface area contributed by atoms with Crippen LogP contribution in [0.25, 0.3) is 0 Å². The van der Waals surface area contributed by atoms with Crippen molar-refractivity contribution in [2.45, 2.75) is 20.3 Å². The molecule has 22 heavy (non-hydrogen) atoms. The summed E-state index contributed by atoms with van der Waals surface area (Å²) in [6.45, 7) is 4.59. The quantitative estimate of drug-likeness (QED) is 0.601. The van der Waals surface area contributed by atoms with Crippen LogP contribution in [0.2, 0.25) is 0 Å². The van der Waals surface area contributed by atoms with Crippen LogP contribution in [0.5, 0.6) is 5.75 Å². The summed E-state index contributed by atoms with van der Waals surface area (Å²) in [6, 6.07) is 11.4. The van der Waals surface area contributed by atoms with Gasteiger partial charge in [-0.25, -0.2) is 0 Å². The molecular weight excluding hydrogens is 457 g/mol. The fourth-order valence-electron chi connectivity index (χ4n) is 2.09. The van der Waals surface area contributed by atoms with Gasteiger partial charge in [-0.15, -0.1) is 0 Å². The van der Waals surface area contributed by atoms with E-state index < -0.39 is 0 Å². The molecular formula is C17H17BrINO2. The summed E-state index contributed by atoms with van der Waals surface area (Å²) in [6.07, 6.45) is 0.874. The summed E-state index contributed by atoms with van der Waals surface area (Å²) >= 11 is 5.71. The van der Waals surface area contributed by atoms with Crippen molar-refractivity contribution in [3.63, 3.8) is 0 Å². The zero-order valence-corrected chi connectivity index (χ0v) is 16.2. The fourth-order valence-corrected chi connectivity index (χ4v) is 3.13. The molecule has 0 atom stereocenters. The number of hydrogen-bond acceptors (Lipinski definition) is 2. The zero-order chi connectivity index (χ0) is 16.1. The molecule has 0 aliphatic heterocycles. The van der Waals surface area contributed by atoms with Crippen molar-refractivity contribution in [1.82, 2.24) is 0 Å². The van der Waals surface area contributed by atoms with E-state index in [9.17, 15) is 4.79 Å². The highest BCUT2D eigenvalue weighted by Gasteiger charge is 2.11. The molecule has 0 fully saturated rings. The Morgan fingerprint density at radius 2 is 2.00 bits per heavy atom. The summed E-state index contributed by atoms with van der Waals surface area (Å²) in [7, 11) is 0. The van der Waals surface area contributed by atoms with Crippen LogP contribution in [0.15, 0.2) is 40.9 Å². The number of carbonyl (C=O) groups excluding carboxylic acids is 1. The van der Waals surface area contributed by atoms with Crippen LogP contribution in [-0.4, -0.2) is 12.5 Å². The molecule has 0 aliphatic rings. The van der Waals surface area contributed by atoms with Crippen LogP contribution in [0.1, 0.15) is 29.8 Å². The lowest BCUT2D eigenvalue weighted by atomic mass is 10.1. The second-order valence-corrected chi connectivity index (χ2v) is 6.79. The van der Waals surface area contributed by atoms with E-state index in [1.165, 1.54) is 0 Å². The van der Waals surface area contributed by atoms with E-state index >= 15 is 0 Å². The molecule has 0 spiro atoms. The standard InChI is InChI=1S/C17H17BrINO2/c1-3-11-9-13(19)6-7-15(11)20-17(21)12-5-8-16(22-4-2)14(18)10-12/h5-10H,3-4H2,1-2H3,(H,20,21). The molecule has 0 saturated heterocycles. The van der Waals surface area contributed by atoms with E-state index in [1.807, 2.05) is 19.1 Å². The molecule has 116 valence electrons. The Hall–Kier alpha value is -1.08. The van der Waals surface area contributed by atoms with E-state index in [0.717, 1.165) is 31.5 Å². The van der Waals surface area contributed by atoms with Gasteiger partial charge in [0.1, 0.15) is 5.75 Å². The largest absolute Gasteiger partial charge is 0.493 e. The highest BCUT2D eigenvalue weighted by atomic mass is 127. The van der Waals surface area contributed by atoms with Gasteiger partial charge >= 0.3 is 0 Å². The molecule has 0 aromatic heterocycles. The Kier molecular flexibility index (Phi) is 6.26. The maximum Gasteiger partial charge on any atom is 0.255 e. The molecule has 0 radical (unpaired) electrons. The highest BCUT2D eigenvalue weighted by Crippen LogP contribution is 2.27. The molecule has 1 amide bonds. The second-order valence-electron chi connectivity index (χ2n) is 4.69. The van der Waals surface area contributed by atoms with E-state index in [1.54, 1.807) is 18.2 Å². The van der Waals surface area contributed by atoms with E-state index in [-0.39, 0.29) is 5.91 Å². The van der Waals surface area contributed by atoms with Crippen LogP contribution in [0.3, 0.4) is 0 Å². The van der Waals surface area contributed by atoms with Gasteiger partial charge in [0.2, 0.25) is 0 Å². The van der Waals surface area contributed by atoms with E-state index in [0.29, 0.717) is 12.2 Å². The number of hydrogen-bond donors (Lipinski definition) is 1. The van der Waals surface area contributed by atoms with Gasteiger partial charge in [-0.05, 0) is 93.8 Å². The minimum atomic E-state index is -0.125. The van der Waals surface area contributed by atoms with Crippen molar-refractivity contribution in [3.05, 3.63) is 55.6 Å². The monoisotopic (exact) mass is 473 g/mol. The van der Waals surface area contributed by atoms with E-state index in [4.69, 9.17) is 4.74 Å². The highest BCUT2D eigenvalue weighted by molar-refractivity contribution is 14.1. The van der Waals surface area contributed by atoms with E-state index in [2.05, 4.69) is 56.8 Å². The summed E-state index contributed by atoms with van der Waals surface area (Å²) in [5.74, 6) is 0.613. The second kappa shape index (κ2) is 7.97. The van der Waals surface area contributed by atoms with Gasteiger partial charge in [0.25, 0.3) is 5.91 Å². The molecule has 0 unspecified atom stereocenters. The third-order valence-corrected chi connectivity index (χ3v) is 4.48. The first-order valence-electron chi connectivity index (χ1n) is 7.07. The van der Waals surface area contributed by atoms with Crippen molar-refractivity contribution in [1.29, 1.82) is 0 Å². The number of ether oxygens (including phenoxy) is 1. The molecule has 5 heteroatoms. The summed E-state index contributed by atoms with van der Waals surface area (Å²) in [5.41, 5.74) is 2.58. The lowest BCUT2D eigenvalue weighted by Gasteiger charge is -2.12. The topological polar surface area (TPSA) is 38.3 Å². The molecule has 1 N–H and O–H groups in total. The van der Waals surface area contributed by atoms with Gasteiger partial charge in [0, 0.05) is 14.8 Å². The molecule has 0 heterocycles. The van der Waals surface area contributed by atoms with Crippen LogP contribution >= 0.6 is 38.5 Å². The first kappa shape index (κ1) is 17.3. The molecule has 0 saturated carbocycles. The Labute approximate surface area is 152 Å². The minimum Gasteiger partial charge on any atom is -0.493 e. The molecule has 0 aliphatic carbocycles. The first-order chi connectivity index (χ1) is 10.5. The van der Waals surface area contributed by atoms with Crippen LogP contribution in [-0.2, 0) is 6.42 Å². The van der Waals surface area contributed by atoms with Gasteiger partial charge in [0.05, 0.1) is 11.1 Å². The molecule has 2 aromatic carbocycles. The van der Waals surface area contributed by atoms with Gasteiger partial charge in [-0.2, -0.15) is 0 Å². The number of halogens is 2. The summed E-state index contributed by atoms with van der Waals surface area (Å²) in [4.78, 5) is 12.4. The van der Waals surface area contributed by atoms with Crippen molar-refractivity contribution in [3.8, 4) is 5.75 Å². The molecule has 0 bridgehead atoms. The summed E-state index contributed by atoms with van der Waals surface area (Å²) < 4.78 is 7.40. The third kappa shape index (κ3) is 4.23. The number of aryl methyl sites for hydroxylation is 1. The SMILES string of the molecule is CCOc1ccc(C(=O)Nc2ccc(I)cc2CC)cc1Br. The van der Waals surface area contributed by atoms with Crippen molar-refractivity contribution in [2.75, 3.05) is 11.9 Å². The van der Waals surface area contributed by atoms with Gasteiger partial charge in [0.15, 0.2) is 0 Å².